The fraction of sp³-hybridized carbons (Fsp3) is 0.154. The number of carbonyl (C=O) groups excluding carboxylic acids is 2. The van der Waals surface area contributed by atoms with Crippen molar-refractivity contribution in [2.75, 3.05) is 0 Å². The van der Waals surface area contributed by atoms with E-state index in [1.54, 1.807) is 47.4 Å². The highest BCUT2D eigenvalue weighted by molar-refractivity contribution is 6.33. The van der Waals surface area contributed by atoms with Gasteiger partial charge in [-0.2, -0.15) is 0 Å². The molecule has 0 saturated heterocycles. The Labute approximate surface area is 195 Å². The Balaban J connectivity index is 1.33. The molecule has 1 amide bonds. The van der Waals surface area contributed by atoms with Gasteiger partial charge in [-0.3, -0.25) is 9.59 Å². The van der Waals surface area contributed by atoms with Crippen LogP contribution in [0.4, 0.5) is 0 Å². The van der Waals surface area contributed by atoms with Crippen LogP contribution in [0.25, 0.3) is 11.5 Å². The summed E-state index contributed by atoms with van der Waals surface area (Å²) in [6, 6.07) is 23.2. The van der Waals surface area contributed by atoms with Crippen molar-refractivity contribution >= 4 is 23.3 Å². The minimum absolute atomic E-state index is 0.0772. The van der Waals surface area contributed by atoms with Crippen LogP contribution < -0.4 is 0 Å². The quantitative estimate of drug-likeness (QED) is 0.346. The molecule has 1 aliphatic carbocycles. The molecule has 0 spiro atoms. The Morgan fingerprint density at radius 1 is 0.848 bits per heavy atom. The summed E-state index contributed by atoms with van der Waals surface area (Å²) in [5.74, 6) is 0.462. The van der Waals surface area contributed by atoms with E-state index in [-0.39, 0.29) is 24.3 Å². The molecule has 1 heterocycles. The maximum atomic E-state index is 13.2. The summed E-state index contributed by atoms with van der Waals surface area (Å²) in [5, 5.41) is 8.73. The van der Waals surface area contributed by atoms with E-state index in [0.29, 0.717) is 39.1 Å². The first-order valence-corrected chi connectivity index (χ1v) is 11.1. The number of ketones is 1. The first-order chi connectivity index (χ1) is 16.1. The SMILES string of the molecule is O=C(c1ccccc1)c1ccc(C(=O)N(Cc2nnc(-c3ccccc3Cl)o2)C2CC2)cc1. The van der Waals surface area contributed by atoms with Crippen LogP contribution in [-0.2, 0) is 6.54 Å². The van der Waals surface area contributed by atoms with E-state index in [2.05, 4.69) is 10.2 Å². The standard InChI is InChI=1S/C26H20ClN3O3/c27-22-9-5-4-8-21(22)25-29-28-23(33-25)16-30(20-14-15-20)26(32)19-12-10-18(11-13-19)24(31)17-6-2-1-3-7-17/h1-13,20H,14-16H2. The van der Waals surface area contributed by atoms with Gasteiger partial charge in [0.25, 0.3) is 5.91 Å². The van der Waals surface area contributed by atoms with Crippen molar-refractivity contribution in [1.29, 1.82) is 0 Å². The lowest BCUT2D eigenvalue weighted by Gasteiger charge is -2.20. The van der Waals surface area contributed by atoms with Crippen molar-refractivity contribution < 1.29 is 14.0 Å². The molecule has 0 unspecified atom stereocenters. The van der Waals surface area contributed by atoms with Gasteiger partial charge >= 0.3 is 0 Å². The van der Waals surface area contributed by atoms with E-state index in [4.69, 9.17) is 16.0 Å². The lowest BCUT2D eigenvalue weighted by molar-refractivity contribution is 0.0714. The van der Waals surface area contributed by atoms with E-state index in [0.717, 1.165) is 12.8 Å². The molecule has 1 aliphatic rings. The molecule has 0 N–H and O–H groups in total. The Kier molecular flexibility index (Phi) is 5.75. The minimum atomic E-state index is -0.131. The van der Waals surface area contributed by atoms with Gasteiger partial charge in [-0.1, -0.05) is 66.2 Å². The second-order valence-electron chi connectivity index (χ2n) is 7.92. The number of aromatic nitrogens is 2. The summed E-state index contributed by atoms with van der Waals surface area (Å²) in [6.07, 6.45) is 1.86. The third-order valence-corrected chi connectivity index (χ3v) is 5.88. The van der Waals surface area contributed by atoms with Gasteiger partial charge in [-0.25, -0.2) is 0 Å². The predicted molar refractivity (Wildman–Crippen MR) is 124 cm³/mol. The normalized spacial score (nSPS) is 13.0. The van der Waals surface area contributed by atoms with Gasteiger partial charge < -0.3 is 9.32 Å². The van der Waals surface area contributed by atoms with Gasteiger partial charge in [0.05, 0.1) is 17.1 Å². The average molecular weight is 458 g/mol. The molecular formula is C26H20ClN3O3. The van der Waals surface area contributed by atoms with Crippen molar-refractivity contribution in [3.63, 3.8) is 0 Å². The molecule has 5 rings (SSSR count). The zero-order valence-corrected chi connectivity index (χ0v) is 18.4. The number of hydrogen-bond donors (Lipinski definition) is 0. The van der Waals surface area contributed by atoms with Gasteiger partial charge in [0, 0.05) is 22.7 Å². The molecule has 6 nitrogen and oxygen atoms in total. The molecule has 0 atom stereocenters. The molecule has 164 valence electrons. The average Bonchev–Trinajstić information content (AvgIpc) is 3.60. The summed E-state index contributed by atoms with van der Waals surface area (Å²) in [7, 11) is 0. The maximum Gasteiger partial charge on any atom is 0.254 e. The predicted octanol–water partition coefficient (Wildman–Crippen LogP) is 5.43. The van der Waals surface area contributed by atoms with Crippen LogP contribution in [0.3, 0.4) is 0 Å². The third-order valence-electron chi connectivity index (χ3n) is 5.56. The Hall–Kier alpha value is -3.77. The van der Waals surface area contributed by atoms with Crippen LogP contribution in [-0.4, -0.2) is 32.8 Å². The number of amides is 1. The lowest BCUT2D eigenvalue weighted by atomic mass is 10.0. The Morgan fingerprint density at radius 2 is 1.48 bits per heavy atom. The summed E-state index contributed by atoms with van der Waals surface area (Å²) in [4.78, 5) is 27.6. The smallest absolute Gasteiger partial charge is 0.254 e. The number of benzene rings is 3. The van der Waals surface area contributed by atoms with Gasteiger partial charge in [0.2, 0.25) is 11.8 Å². The van der Waals surface area contributed by atoms with Gasteiger partial charge in [-0.15, -0.1) is 10.2 Å². The van der Waals surface area contributed by atoms with Crippen molar-refractivity contribution in [1.82, 2.24) is 15.1 Å². The van der Waals surface area contributed by atoms with Crippen molar-refractivity contribution in [2.24, 2.45) is 0 Å². The third kappa shape index (κ3) is 4.56. The van der Waals surface area contributed by atoms with Crippen molar-refractivity contribution in [2.45, 2.75) is 25.4 Å². The maximum absolute atomic E-state index is 13.2. The van der Waals surface area contributed by atoms with Crippen LogP contribution in [0.2, 0.25) is 5.02 Å². The molecule has 4 aromatic rings. The van der Waals surface area contributed by atoms with Crippen LogP contribution in [0.15, 0.2) is 83.3 Å². The highest BCUT2D eigenvalue weighted by Gasteiger charge is 2.34. The highest BCUT2D eigenvalue weighted by atomic mass is 35.5. The van der Waals surface area contributed by atoms with Crippen LogP contribution in [0, 0.1) is 0 Å². The molecule has 1 saturated carbocycles. The molecule has 7 heteroatoms. The number of rotatable bonds is 7. The molecule has 0 aliphatic heterocycles. The topological polar surface area (TPSA) is 76.3 Å². The minimum Gasteiger partial charge on any atom is -0.419 e. The second-order valence-corrected chi connectivity index (χ2v) is 8.32. The zero-order chi connectivity index (χ0) is 22.8. The molecule has 3 aromatic carbocycles. The molecule has 33 heavy (non-hydrogen) atoms. The Morgan fingerprint density at radius 3 is 2.18 bits per heavy atom. The number of carbonyl (C=O) groups is 2. The molecule has 1 aromatic heterocycles. The highest BCUT2D eigenvalue weighted by Crippen LogP contribution is 2.31. The van der Waals surface area contributed by atoms with Gasteiger partial charge in [-0.05, 0) is 37.1 Å². The molecule has 0 bridgehead atoms. The lowest BCUT2D eigenvalue weighted by Crippen LogP contribution is -2.32. The van der Waals surface area contributed by atoms with E-state index in [1.165, 1.54) is 0 Å². The largest absolute Gasteiger partial charge is 0.419 e. The van der Waals surface area contributed by atoms with E-state index < -0.39 is 0 Å². The molecule has 0 radical (unpaired) electrons. The van der Waals surface area contributed by atoms with Crippen LogP contribution in [0.5, 0.6) is 0 Å². The van der Waals surface area contributed by atoms with Crippen molar-refractivity contribution in [3.8, 4) is 11.5 Å². The molecule has 1 fully saturated rings. The Bertz CT molecular complexity index is 1300. The monoisotopic (exact) mass is 457 g/mol. The summed E-state index contributed by atoms with van der Waals surface area (Å²) in [5.41, 5.74) is 2.32. The summed E-state index contributed by atoms with van der Waals surface area (Å²) in [6.45, 7) is 0.214. The summed E-state index contributed by atoms with van der Waals surface area (Å²) < 4.78 is 5.80. The van der Waals surface area contributed by atoms with Gasteiger partial charge in [0.15, 0.2) is 5.78 Å². The zero-order valence-electron chi connectivity index (χ0n) is 17.6. The summed E-state index contributed by atoms with van der Waals surface area (Å²) >= 11 is 6.22. The molecular weight excluding hydrogens is 438 g/mol. The fourth-order valence-corrected chi connectivity index (χ4v) is 3.86. The number of halogens is 1. The number of nitrogens with zero attached hydrogens (tertiary/aromatic N) is 3. The van der Waals surface area contributed by atoms with Crippen LogP contribution in [0.1, 0.15) is 45.0 Å². The van der Waals surface area contributed by atoms with E-state index >= 15 is 0 Å². The first-order valence-electron chi connectivity index (χ1n) is 10.7. The second kappa shape index (κ2) is 9.00. The number of hydrogen-bond acceptors (Lipinski definition) is 5. The van der Waals surface area contributed by atoms with E-state index in [9.17, 15) is 9.59 Å². The van der Waals surface area contributed by atoms with E-state index in [1.807, 2.05) is 36.4 Å². The van der Waals surface area contributed by atoms with Crippen molar-refractivity contribution in [3.05, 3.63) is 106 Å². The fourth-order valence-electron chi connectivity index (χ4n) is 3.65. The van der Waals surface area contributed by atoms with Crippen LogP contribution >= 0.6 is 11.6 Å². The van der Waals surface area contributed by atoms with Gasteiger partial charge in [0.1, 0.15) is 0 Å². The first kappa shape index (κ1) is 21.1.